The Morgan fingerprint density at radius 3 is 1.18 bits per heavy atom. The summed E-state index contributed by atoms with van der Waals surface area (Å²) in [6, 6.07) is 169. The molecule has 21 rings (SSSR count). The van der Waals surface area contributed by atoms with Crippen LogP contribution >= 0.6 is 11.8 Å². The Kier molecular flexibility index (Phi) is 18.6. The first-order chi connectivity index (χ1) is 59.1. The van der Waals surface area contributed by atoms with Crippen molar-refractivity contribution in [1.29, 1.82) is 5.26 Å². The molecule has 0 unspecified atom stereocenters. The van der Waals surface area contributed by atoms with E-state index >= 15 is 0 Å². The number of fused-ring (bicyclic) bond motifs is 7. The second kappa shape index (κ2) is 30.4. The summed E-state index contributed by atoms with van der Waals surface area (Å²) in [5.41, 5.74) is 26.1. The quantitative estimate of drug-likeness (QED) is 0.0714. The highest BCUT2D eigenvalue weighted by Gasteiger charge is 2.46. The van der Waals surface area contributed by atoms with Crippen LogP contribution in [0.1, 0.15) is 31.9 Å². The van der Waals surface area contributed by atoms with Crippen molar-refractivity contribution >= 4 is 131 Å². The molecule has 2 aliphatic heterocycles. The van der Waals surface area contributed by atoms with Crippen LogP contribution in [0.4, 0.5) is 17.1 Å². The third-order valence-corrected chi connectivity index (χ3v) is 35.8. The van der Waals surface area contributed by atoms with Crippen molar-refractivity contribution in [2.24, 2.45) is 0 Å². The zero-order valence-corrected chi connectivity index (χ0v) is 69.8. The number of rotatable bonds is 16. The van der Waals surface area contributed by atoms with Gasteiger partial charge in [0, 0.05) is 43.2 Å². The van der Waals surface area contributed by atoms with E-state index in [2.05, 4.69) is 473 Å². The van der Waals surface area contributed by atoms with Crippen molar-refractivity contribution in [3.8, 4) is 78.5 Å². The van der Waals surface area contributed by atoms with Gasteiger partial charge in [-0.05, 0) is 197 Å². The molecule has 3 heterocycles. The molecule has 0 N–H and O–H groups in total. The Balaban J connectivity index is 0.797. The molecule has 1 aromatic heterocycles. The van der Waals surface area contributed by atoms with Crippen LogP contribution in [-0.4, -0.2) is 27.4 Å². The fourth-order valence-electron chi connectivity index (χ4n) is 19.4. The van der Waals surface area contributed by atoms with Gasteiger partial charge in [0.2, 0.25) is 6.71 Å². The normalized spacial score (nSPS) is 12.4. The van der Waals surface area contributed by atoms with Gasteiger partial charge in [0.05, 0.1) is 28.4 Å². The first-order valence-electron chi connectivity index (χ1n) is 41.5. The maximum Gasteiger partial charge on any atom is 0.249 e. The van der Waals surface area contributed by atoms with Gasteiger partial charge in [-0.15, -0.1) is 0 Å². The molecule has 0 fully saturated rings. The maximum atomic E-state index is 10.4. The first kappa shape index (κ1) is 73.5. The SMILES string of the molecule is CC(C)(C)c1ccc2c(c1)c1cc(C#N)ccc1n2-c1ccc2c(c1)Sc1cc(-c3ccc([Si](c4ccccc4)(c4ccccc4)c4cccc(-c5ccccc5)c4)cc3)cc3c1B2c1ccc(-c2ccc([Si](c4ccccc4)(c4ccccc4)c4cccc(-c5ccccc5)c4)cc2)cc1N3c1ccc(-c2ccccc2)cc1-c1ccccc1. The first-order valence-corrected chi connectivity index (χ1v) is 46.3. The third kappa shape index (κ3) is 12.6. The van der Waals surface area contributed by atoms with Gasteiger partial charge in [-0.1, -0.05) is 408 Å². The van der Waals surface area contributed by atoms with E-state index in [1.165, 1.54) is 95.5 Å². The second-order valence-electron chi connectivity index (χ2n) is 32.9. The van der Waals surface area contributed by atoms with Gasteiger partial charge in [-0.3, -0.25) is 0 Å². The molecule has 19 aromatic rings. The van der Waals surface area contributed by atoms with Gasteiger partial charge < -0.3 is 9.47 Å². The van der Waals surface area contributed by atoms with Crippen molar-refractivity contribution in [3.05, 3.63) is 454 Å². The second-order valence-corrected chi connectivity index (χ2v) is 41.6. The number of hydrogen-bond acceptors (Lipinski definition) is 3. The van der Waals surface area contributed by atoms with Crippen LogP contribution in [0, 0.1) is 11.3 Å². The lowest BCUT2D eigenvalue weighted by molar-refractivity contribution is 0.591. The van der Waals surface area contributed by atoms with Crippen LogP contribution in [-0.2, 0) is 5.41 Å². The van der Waals surface area contributed by atoms with Gasteiger partial charge in [0.25, 0.3) is 0 Å². The van der Waals surface area contributed by atoms with Crippen LogP contribution in [0.15, 0.2) is 453 Å². The monoisotopic (exact) mass is 1580 g/mol. The predicted octanol–water partition coefficient (Wildman–Crippen LogP) is 21.5. The fourth-order valence-corrected chi connectivity index (χ4v) is 30.2. The lowest BCUT2D eigenvalue weighted by Gasteiger charge is -2.41. The molecule has 120 heavy (non-hydrogen) atoms. The number of nitriles is 1. The molecule has 0 radical (unpaired) electrons. The largest absolute Gasteiger partial charge is 0.311 e. The molecule has 2 aliphatic rings. The van der Waals surface area contributed by atoms with E-state index in [9.17, 15) is 5.26 Å². The summed E-state index contributed by atoms with van der Waals surface area (Å²) in [6.07, 6.45) is 0. The standard InChI is InChI=1S/C113H82BN3SSi2/c1-113(2,3)90-57-67-107-102(75-90)101-68-78(77-115)50-65-106(101)116(107)91-58-64-104-110(76-91)118-111-74-89(83-53-61-97(62-54-83)120(94-44-24-10-25-45-94,95-46-26-11-27-47-95)99-49-29-39-86(70-99)80-32-14-5-15-33-80)73-109-112(111)114(104)103-63-55-88(72-108(103)117(109)105-66-56-87(81-34-16-6-17-35-81)71-100(105)84-36-18-7-19-37-84)82-51-59-96(60-52-82)119(92-40-20-8-21-41-92,93-42-22-9-23-43-93)98-48-28-38-85(69-98)79-30-12-4-13-31-79/h4-76H,1-3H3. The van der Waals surface area contributed by atoms with Crippen LogP contribution in [0.25, 0.3) is 94.3 Å². The highest BCUT2D eigenvalue weighted by molar-refractivity contribution is 8.00. The third-order valence-electron chi connectivity index (χ3n) is 25.1. The van der Waals surface area contributed by atoms with E-state index in [1.54, 1.807) is 0 Å². The average Bonchev–Trinajstić information content (AvgIpc) is 0.733. The minimum absolute atomic E-state index is 0.0840. The van der Waals surface area contributed by atoms with Gasteiger partial charge in [0.1, 0.15) is 0 Å². The minimum Gasteiger partial charge on any atom is -0.311 e. The maximum absolute atomic E-state index is 10.4. The van der Waals surface area contributed by atoms with Crippen molar-refractivity contribution in [1.82, 2.24) is 4.57 Å². The molecule has 0 saturated heterocycles. The fraction of sp³-hybridized carbons (Fsp3) is 0.0354. The Labute approximate surface area is 709 Å². The molecule has 566 valence electrons. The van der Waals surface area contributed by atoms with E-state index in [1.807, 2.05) is 17.8 Å². The summed E-state index contributed by atoms with van der Waals surface area (Å²) < 4.78 is 2.43. The molecule has 0 saturated carbocycles. The molecule has 0 atom stereocenters. The molecule has 7 heteroatoms. The van der Waals surface area contributed by atoms with E-state index in [0.29, 0.717) is 5.56 Å². The highest BCUT2D eigenvalue weighted by atomic mass is 32.2. The smallest absolute Gasteiger partial charge is 0.249 e. The van der Waals surface area contributed by atoms with Gasteiger partial charge in [-0.2, -0.15) is 5.26 Å². The van der Waals surface area contributed by atoms with Crippen molar-refractivity contribution in [2.45, 2.75) is 36.0 Å². The Bertz CT molecular complexity index is 7060. The molecule has 0 amide bonds. The van der Waals surface area contributed by atoms with Gasteiger partial charge >= 0.3 is 0 Å². The summed E-state index contributed by atoms with van der Waals surface area (Å²) in [4.78, 5) is 5.05. The lowest BCUT2D eigenvalue weighted by atomic mass is 9.34. The summed E-state index contributed by atoms with van der Waals surface area (Å²) in [5, 5.41) is 23.2. The van der Waals surface area contributed by atoms with Gasteiger partial charge in [-0.25, -0.2) is 0 Å². The van der Waals surface area contributed by atoms with Crippen molar-refractivity contribution in [3.63, 3.8) is 0 Å². The topological polar surface area (TPSA) is 32.0 Å². The summed E-state index contributed by atoms with van der Waals surface area (Å²) in [7, 11) is -6.06. The molecule has 3 nitrogen and oxygen atoms in total. The van der Waals surface area contributed by atoms with E-state index in [-0.39, 0.29) is 12.1 Å². The predicted molar refractivity (Wildman–Crippen MR) is 514 cm³/mol. The molecule has 0 spiro atoms. The Morgan fingerprint density at radius 2 is 0.675 bits per heavy atom. The van der Waals surface area contributed by atoms with Crippen LogP contribution in [0.3, 0.4) is 0 Å². The summed E-state index contributed by atoms with van der Waals surface area (Å²) in [5.74, 6) is 0. The van der Waals surface area contributed by atoms with Crippen LogP contribution in [0.2, 0.25) is 0 Å². The lowest BCUT2D eigenvalue weighted by Crippen LogP contribution is -2.74. The average molecular weight is 1580 g/mol. The molecule has 0 aliphatic carbocycles. The number of anilines is 3. The summed E-state index contributed by atoms with van der Waals surface area (Å²) >= 11 is 1.89. The molecule has 18 aromatic carbocycles. The van der Waals surface area contributed by atoms with E-state index in [0.717, 1.165) is 89.1 Å². The highest BCUT2D eigenvalue weighted by Crippen LogP contribution is 2.49. The zero-order valence-electron chi connectivity index (χ0n) is 67.0. The molecule has 0 bridgehead atoms. The Morgan fingerprint density at radius 1 is 0.283 bits per heavy atom. The van der Waals surface area contributed by atoms with Crippen LogP contribution < -0.4 is 62.8 Å². The number of aromatic nitrogens is 1. The number of nitrogens with zero attached hydrogens (tertiary/aromatic N) is 3. The van der Waals surface area contributed by atoms with Crippen LogP contribution in [0.5, 0.6) is 0 Å². The number of benzene rings is 18. The van der Waals surface area contributed by atoms with Crippen molar-refractivity contribution in [2.75, 3.05) is 4.90 Å². The minimum atomic E-state index is -3.04. The van der Waals surface area contributed by atoms with E-state index in [4.69, 9.17) is 0 Å². The zero-order chi connectivity index (χ0) is 80.5. The van der Waals surface area contributed by atoms with Gasteiger partial charge in [0.15, 0.2) is 16.1 Å². The number of hydrogen-bond donors (Lipinski definition) is 0. The molecular formula is C113H82BN3SSi2. The Hall–Kier alpha value is -14.1. The van der Waals surface area contributed by atoms with E-state index < -0.39 is 16.1 Å². The summed E-state index contributed by atoms with van der Waals surface area (Å²) in [6.45, 7) is 6.66. The van der Waals surface area contributed by atoms with Crippen molar-refractivity contribution < 1.29 is 0 Å². The molecular weight excluding hydrogens is 1500 g/mol.